The highest BCUT2D eigenvalue weighted by molar-refractivity contribution is 5.74. The van der Waals surface area contributed by atoms with Gasteiger partial charge in [0.05, 0.1) is 17.0 Å². The summed E-state index contributed by atoms with van der Waals surface area (Å²) in [6, 6.07) is 1.49. The molecule has 2 heterocycles. The number of aromatic amines is 1. The van der Waals surface area contributed by atoms with Crippen LogP contribution in [-0.4, -0.2) is 14.6 Å². The van der Waals surface area contributed by atoms with Gasteiger partial charge in [-0.1, -0.05) is 0 Å². The zero-order valence-corrected chi connectivity index (χ0v) is 5.89. The standard InChI is InChI=1S/C6H4N4O2/c11-6-4-1-2-10(9-12)5(4)7-3-8-6/h1-3H,(H,7,8,11). The van der Waals surface area contributed by atoms with Crippen molar-refractivity contribution in [1.82, 2.24) is 14.6 Å². The van der Waals surface area contributed by atoms with Gasteiger partial charge in [-0.25, -0.2) is 4.98 Å². The second-order valence-corrected chi connectivity index (χ2v) is 2.21. The van der Waals surface area contributed by atoms with Crippen LogP contribution < -0.4 is 5.56 Å². The van der Waals surface area contributed by atoms with Gasteiger partial charge in [-0.3, -0.25) is 4.79 Å². The molecule has 6 heteroatoms. The van der Waals surface area contributed by atoms with Gasteiger partial charge in [0.2, 0.25) is 0 Å². The Morgan fingerprint density at radius 2 is 2.42 bits per heavy atom. The first-order valence-corrected chi connectivity index (χ1v) is 3.21. The molecule has 0 amide bonds. The highest BCUT2D eigenvalue weighted by Gasteiger charge is 2.03. The third kappa shape index (κ3) is 0.746. The highest BCUT2D eigenvalue weighted by Crippen LogP contribution is 2.06. The van der Waals surface area contributed by atoms with Gasteiger partial charge in [0.15, 0.2) is 5.65 Å². The van der Waals surface area contributed by atoms with Crippen LogP contribution in [0, 0.1) is 4.91 Å². The van der Waals surface area contributed by atoms with E-state index in [1.807, 2.05) is 0 Å². The Morgan fingerprint density at radius 3 is 3.17 bits per heavy atom. The maximum absolute atomic E-state index is 11.1. The molecular formula is C6H4N4O2. The molecule has 0 aliphatic rings. The summed E-state index contributed by atoms with van der Waals surface area (Å²) in [5.41, 5.74) is -0.00356. The van der Waals surface area contributed by atoms with E-state index < -0.39 is 0 Å². The minimum Gasteiger partial charge on any atom is -0.313 e. The monoisotopic (exact) mass is 164 g/mol. The summed E-state index contributed by atoms with van der Waals surface area (Å²) >= 11 is 0. The van der Waals surface area contributed by atoms with E-state index in [1.54, 1.807) is 0 Å². The quantitative estimate of drug-likeness (QED) is 0.613. The molecule has 0 atom stereocenters. The number of nitrogens with one attached hydrogen (secondary N) is 1. The Labute approximate surface area is 65.8 Å². The Bertz CT molecular complexity index is 483. The topological polar surface area (TPSA) is 80.1 Å². The summed E-state index contributed by atoms with van der Waals surface area (Å²) in [5.74, 6) is 0. The van der Waals surface area contributed by atoms with Gasteiger partial charge in [-0.15, -0.1) is 4.91 Å². The summed E-state index contributed by atoms with van der Waals surface area (Å²) in [6.07, 6.45) is 2.62. The van der Waals surface area contributed by atoms with Gasteiger partial charge in [0, 0.05) is 6.20 Å². The van der Waals surface area contributed by atoms with Crippen LogP contribution in [0.15, 0.2) is 28.7 Å². The predicted molar refractivity (Wildman–Crippen MR) is 41.5 cm³/mol. The molecule has 0 aliphatic carbocycles. The van der Waals surface area contributed by atoms with Gasteiger partial charge in [0.25, 0.3) is 5.56 Å². The second-order valence-electron chi connectivity index (χ2n) is 2.21. The molecule has 2 rings (SSSR count). The molecule has 0 saturated carbocycles. The molecule has 0 unspecified atom stereocenters. The fraction of sp³-hybridized carbons (Fsp3) is 0. The molecule has 6 nitrogen and oxygen atoms in total. The van der Waals surface area contributed by atoms with Crippen LogP contribution in [0.4, 0.5) is 0 Å². The number of aromatic nitrogens is 3. The van der Waals surface area contributed by atoms with Crippen molar-refractivity contribution < 1.29 is 0 Å². The molecule has 0 aromatic carbocycles. The van der Waals surface area contributed by atoms with Gasteiger partial charge in [0.1, 0.15) is 0 Å². The van der Waals surface area contributed by atoms with Crippen LogP contribution in [0.25, 0.3) is 11.0 Å². The van der Waals surface area contributed by atoms with E-state index in [1.165, 1.54) is 18.6 Å². The fourth-order valence-electron chi connectivity index (χ4n) is 1.02. The van der Waals surface area contributed by atoms with E-state index in [0.717, 1.165) is 4.68 Å². The Kier molecular flexibility index (Phi) is 1.26. The van der Waals surface area contributed by atoms with Crippen molar-refractivity contribution in [2.75, 3.05) is 0 Å². The maximum Gasteiger partial charge on any atom is 0.260 e. The minimum absolute atomic E-state index is 0.272. The maximum atomic E-state index is 11.1. The Morgan fingerprint density at radius 1 is 1.58 bits per heavy atom. The number of nitroso groups, excluding NO2 is 1. The van der Waals surface area contributed by atoms with Crippen LogP contribution >= 0.6 is 0 Å². The summed E-state index contributed by atoms with van der Waals surface area (Å²) in [5, 5.41) is 3.01. The van der Waals surface area contributed by atoms with E-state index in [9.17, 15) is 9.70 Å². The molecule has 12 heavy (non-hydrogen) atoms. The highest BCUT2D eigenvalue weighted by atomic mass is 16.3. The average Bonchev–Trinajstić information content (AvgIpc) is 2.49. The van der Waals surface area contributed by atoms with E-state index in [2.05, 4.69) is 15.3 Å². The third-order valence-electron chi connectivity index (χ3n) is 1.56. The van der Waals surface area contributed by atoms with Gasteiger partial charge in [-0.2, -0.15) is 4.68 Å². The lowest BCUT2D eigenvalue weighted by molar-refractivity contribution is 0.892. The molecule has 2 aromatic rings. The zero-order valence-electron chi connectivity index (χ0n) is 5.89. The second kappa shape index (κ2) is 2.26. The first-order chi connectivity index (χ1) is 5.83. The van der Waals surface area contributed by atoms with Crippen molar-refractivity contribution in [2.24, 2.45) is 5.29 Å². The molecule has 0 saturated heterocycles. The number of hydrogen-bond acceptors (Lipinski definition) is 4. The number of fused-ring (bicyclic) bond motifs is 1. The van der Waals surface area contributed by atoms with E-state index >= 15 is 0 Å². The smallest absolute Gasteiger partial charge is 0.260 e. The van der Waals surface area contributed by atoms with Gasteiger partial charge >= 0.3 is 0 Å². The lowest BCUT2D eigenvalue weighted by atomic mass is 10.4. The minimum atomic E-state index is -0.276. The van der Waals surface area contributed by atoms with Crippen molar-refractivity contribution in [3.63, 3.8) is 0 Å². The lowest BCUT2D eigenvalue weighted by Gasteiger charge is -1.88. The van der Waals surface area contributed by atoms with Crippen LogP contribution in [0.2, 0.25) is 0 Å². The Balaban J connectivity index is 2.98. The molecule has 0 radical (unpaired) electrons. The van der Waals surface area contributed by atoms with Crippen LogP contribution in [0.5, 0.6) is 0 Å². The van der Waals surface area contributed by atoms with E-state index in [-0.39, 0.29) is 11.2 Å². The average molecular weight is 164 g/mol. The molecule has 2 aromatic heterocycles. The molecule has 0 fully saturated rings. The zero-order chi connectivity index (χ0) is 8.55. The summed E-state index contributed by atoms with van der Waals surface area (Å²) in [6.45, 7) is 0. The number of rotatable bonds is 1. The van der Waals surface area contributed by atoms with Crippen molar-refractivity contribution in [2.45, 2.75) is 0 Å². The first-order valence-electron chi connectivity index (χ1n) is 3.21. The van der Waals surface area contributed by atoms with Crippen LogP contribution in [-0.2, 0) is 0 Å². The first kappa shape index (κ1) is 6.71. The van der Waals surface area contributed by atoms with Gasteiger partial charge in [-0.05, 0) is 6.07 Å². The molecule has 0 bridgehead atoms. The van der Waals surface area contributed by atoms with Crippen molar-refractivity contribution >= 4 is 11.0 Å². The molecule has 60 valence electrons. The van der Waals surface area contributed by atoms with Gasteiger partial charge < -0.3 is 4.98 Å². The summed E-state index contributed by atoms with van der Waals surface area (Å²) in [7, 11) is 0. The predicted octanol–water partition coefficient (Wildman–Crippen LogP) is 0.254. The summed E-state index contributed by atoms with van der Waals surface area (Å²) < 4.78 is 1.00. The molecule has 1 N–H and O–H groups in total. The molecule has 0 spiro atoms. The van der Waals surface area contributed by atoms with Crippen molar-refractivity contribution in [1.29, 1.82) is 0 Å². The normalized spacial score (nSPS) is 10.3. The number of nitrogens with zero attached hydrogens (tertiary/aromatic N) is 3. The van der Waals surface area contributed by atoms with E-state index in [0.29, 0.717) is 5.39 Å². The third-order valence-corrected chi connectivity index (χ3v) is 1.56. The largest absolute Gasteiger partial charge is 0.313 e. The van der Waals surface area contributed by atoms with Crippen LogP contribution in [0.1, 0.15) is 0 Å². The molecular weight excluding hydrogens is 160 g/mol. The van der Waals surface area contributed by atoms with Crippen LogP contribution in [0.3, 0.4) is 0 Å². The number of H-pyrrole nitrogens is 1. The fourth-order valence-corrected chi connectivity index (χ4v) is 1.02. The van der Waals surface area contributed by atoms with E-state index in [4.69, 9.17) is 0 Å². The summed E-state index contributed by atoms with van der Waals surface area (Å²) in [4.78, 5) is 27.4. The SMILES string of the molecule is O=Nn1ccc2c(=O)[nH]cnc21. The Hall–Kier alpha value is -1.98. The van der Waals surface area contributed by atoms with Crippen molar-refractivity contribution in [3.8, 4) is 0 Å². The molecule has 0 aliphatic heterocycles. The number of hydrogen-bond donors (Lipinski definition) is 1. The van der Waals surface area contributed by atoms with Crippen molar-refractivity contribution in [3.05, 3.63) is 33.9 Å². The lowest BCUT2D eigenvalue weighted by Crippen LogP contribution is -2.05.